The van der Waals surface area contributed by atoms with E-state index in [4.69, 9.17) is 18.5 Å². The summed E-state index contributed by atoms with van der Waals surface area (Å²) in [6.07, 6.45) is 75.4. The highest BCUT2D eigenvalue weighted by atomic mass is 31.2. The SMILES string of the molecule is CC/C=C\C/C=C\C/C=C\C/C=C\C/C=C\CCCCCCCC(=O)OC(COC(=O)CCCCCCCCCCCCCCCCCCCCC/C=C\CCCCCCCCCC)COP(=O)([O-])OCC[N+](C)(C)C. The van der Waals surface area contributed by atoms with Crippen LogP contribution in [0.2, 0.25) is 0 Å². The van der Waals surface area contributed by atoms with Crippen LogP contribution < -0.4 is 4.89 Å². The predicted molar refractivity (Wildman–Crippen MR) is 323 cm³/mol. The quantitative estimate of drug-likeness (QED) is 0.0195. The number of nitrogens with zero attached hydrogens (tertiary/aromatic N) is 1. The van der Waals surface area contributed by atoms with Gasteiger partial charge < -0.3 is 27.9 Å². The summed E-state index contributed by atoms with van der Waals surface area (Å²) < 4.78 is 34.2. The van der Waals surface area contributed by atoms with Gasteiger partial charge in [0.25, 0.3) is 7.82 Å². The summed E-state index contributed by atoms with van der Waals surface area (Å²) in [5, 5.41) is 0. The molecule has 9 nitrogen and oxygen atoms in total. The maximum Gasteiger partial charge on any atom is 0.306 e. The van der Waals surface area contributed by atoms with E-state index in [1.54, 1.807) is 0 Å². The molecule has 0 aliphatic carbocycles. The normalized spacial score (nSPS) is 13.7. The number of carbonyl (C=O) groups is 2. The number of phosphoric acid groups is 1. The summed E-state index contributed by atoms with van der Waals surface area (Å²) >= 11 is 0. The number of quaternary nitrogens is 1. The number of ether oxygens (including phenoxy) is 2. The zero-order chi connectivity index (χ0) is 55.6. The summed E-state index contributed by atoms with van der Waals surface area (Å²) in [5.41, 5.74) is 0. The number of rotatable bonds is 58. The van der Waals surface area contributed by atoms with Crippen LogP contribution >= 0.6 is 7.82 Å². The van der Waals surface area contributed by atoms with Crippen LogP contribution in [0.1, 0.15) is 284 Å². The third kappa shape index (κ3) is 60.7. The first-order valence-corrected chi connectivity index (χ1v) is 33.1. The Hall–Kier alpha value is -2.55. The number of hydrogen-bond acceptors (Lipinski definition) is 8. The van der Waals surface area contributed by atoms with E-state index in [1.807, 2.05) is 21.1 Å². The highest BCUT2D eigenvalue weighted by Crippen LogP contribution is 2.38. The molecule has 0 spiro atoms. The van der Waals surface area contributed by atoms with E-state index in [-0.39, 0.29) is 32.0 Å². The molecule has 0 aliphatic rings. The first-order chi connectivity index (χ1) is 37.0. The molecular weight excluding hydrogens is 966 g/mol. The molecule has 0 amide bonds. The minimum atomic E-state index is -4.65. The van der Waals surface area contributed by atoms with Crippen molar-refractivity contribution >= 4 is 19.8 Å². The molecule has 0 aromatic heterocycles. The van der Waals surface area contributed by atoms with E-state index in [0.29, 0.717) is 17.4 Å². The largest absolute Gasteiger partial charge is 0.756 e. The molecular formula is C66H120NO8P. The molecule has 0 N–H and O–H groups in total. The molecule has 76 heavy (non-hydrogen) atoms. The molecule has 10 heteroatoms. The fourth-order valence-corrected chi connectivity index (χ4v) is 9.58. The van der Waals surface area contributed by atoms with Gasteiger partial charge in [0, 0.05) is 12.8 Å². The van der Waals surface area contributed by atoms with E-state index in [1.165, 1.54) is 167 Å². The summed E-state index contributed by atoms with van der Waals surface area (Å²) in [7, 11) is 1.15. The van der Waals surface area contributed by atoms with E-state index < -0.39 is 26.5 Å². The minimum Gasteiger partial charge on any atom is -0.756 e. The van der Waals surface area contributed by atoms with Crippen molar-refractivity contribution in [3.05, 3.63) is 72.9 Å². The lowest BCUT2D eigenvalue weighted by Crippen LogP contribution is -2.37. The number of phosphoric ester groups is 1. The maximum atomic E-state index is 12.8. The standard InChI is InChI=1S/C66H120NO8P/c1-6-8-10-12-14-16-18-20-22-24-26-28-29-30-31-32-33-34-35-36-37-39-40-42-44-46-48-50-52-54-56-58-65(68)72-62-64(63-74-76(70,71)73-61-60-67(3,4)5)75-66(69)59-57-55-53-51-49-47-45-43-41-38-27-25-23-21-19-17-15-13-11-9-7-2/h9,11,15,17,21,23-24,26-27,38,43,45,64H,6-8,10,12-14,16,18-20,22,25,28-37,39-42,44,46-63H2,1-5H3/b11-9-,17-15-,23-21-,26-24-,38-27-,45-43-. The van der Waals surface area contributed by atoms with E-state index in [0.717, 1.165) is 83.5 Å². The Balaban J connectivity index is 4.08. The Labute approximate surface area is 469 Å². The number of likely N-dealkylation sites (N-methyl/N-ethyl adjacent to an activating group) is 1. The highest BCUT2D eigenvalue weighted by molar-refractivity contribution is 7.45. The van der Waals surface area contributed by atoms with E-state index in [2.05, 4.69) is 86.8 Å². The van der Waals surface area contributed by atoms with Gasteiger partial charge in [-0.3, -0.25) is 14.2 Å². The van der Waals surface area contributed by atoms with Crippen molar-refractivity contribution in [2.45, 2.75) is 290 Å². The Morgan fingerprint density at radius 2 is 0.750 bits per heavy atom. The first kappa shape index (κ1) is 73.5. The Morgan fingerprint density at radius 3 is 1.13 bits per heavy atom. The summed E-state index contributed by atoms with van der Waals surface area (Å²) in [6.45, 7) is 4.13. The average Bonchev–Trinajstić information content (AvgIpc) is 3.38. The summed E-state index contributed by atoms with van der Waals surface area (Å²) in [5.74, 6) is -0.849. The van der Waals surface area contributed by atoms with Crippen LogP contribution in [0.3, 0.4) is 0 Å². The molecule has 0 saturated heterocycles. The van der Waals surface area contributed by atoms with Crippen molar-refractivity contribution in [1.29, 1.82) is 0 Å². The fraction of sp³-hybridized carbons (Fsp3) is 0.788. The van der Waals surface area contributed by atoms with E-state index in [9.17, 15) is 19.0 Å². The second-order valence-corrected chi connectivity index (χ2v) is 23.8. The van der Waals surface area contributed by atoms with Crippen LogP contribution in [-0.4, -0.2) is 70.0 Å². The third-order valence-corrected chi connectivity index (χ3v) is 14.7. The van der Waals surface area contributed by atoms with Crippen LogP contribution in [0.4, 0.5) is 0 Å². The molecule has 442 valence electrons. The first-order valence-electron chi connectivity index (χ1n) is 31.6. The lowest BCUT2D eigenvalue weighted by Gasteiger charge is -2.28. The summed E-state index contributed by atoms with van der Waals surface area (Å²) in [4.78, 5) is 37.9. The van der Waals surface area contributed by atoms with Crippen LogP contribution in [0.25, 0.3) is 0 Å². The number of hydrogen-bond donors (Lipinski definition) is 0. The topological polar surface area (TPSA) is 111 Å². The number of carbonyl (C=O) groups excluding carboxylic acids is 2. The second kappa shape index (κ2) is 57.1. The Kier molecular flexibility index (Phi) is 55.2. The van der Waals surface area contributed by atoms with Crippen molar-refractivity contribution in [3.8, 4) is 0 Å². The van der Waals surface area contributed by atoms with Gasteiger partial charge in [-0.2, -0.15) is 0 Å². The van der Waals surface area contributed by atoms with Crippen molar-refractivity contribution in [2.24, 2.45) is 0 Å². The van der Waals surface area contributed by atoms with Gasteiger partial charge in [-0.25, -0.2) is 0 Å². The van der Waals surface area contributed by atoms with Crippen LogP contribution in [-0.2, 0) is 32.7 Å². The molecule has 0 rings (SSSR count). The van der Waals surface area contributed by atoms with Crippen molar-refractivity contribution in [1.82, 2.24) is 0 Å². The number of unbranched alkanes of at least 4 members (excludes halogenated alkanes) is 32. The molecule has 2 atom stereocenters. The monoisotopic (exact) mass is 1090 g/mol. The summed E-state index contributed by atoms with van der Waals surface area (Å²) in [6, 6.07) is 0. The lowest BCUT2D eigenvalue weighted by molar-refractivity contribution is -0.870. The molecule has 0 aromatic carbocycles. The van der Waals surface area contributed by atoms with Crippen molar-refractivity contribution in [2.75, 3.05) is 47.5 Å². The zero-order valence-electron chi connectivity index (χ0n) is 50.2. The van der Waals surface area contributed by atoms with Gasteiger partial charge in [-0.15, -0.1) is 0 Å². The van der Waals surface area contributed by atoms with Crippen LogP contribution in [0.15, 0.2) is 72.9 Å². The van der Waals surface area contributed by atoms with Gasteiger partial charge in [-0.1, -0.05) is 260 Å². The Morgan fingerprint density at radius 1 is 0.421 bits per heavy atom. The van der Waals surface area contributed by atoms with Gasteiger partial charge in [0.05, 0.1) is 27.7 Å². The van der Waals surface area contributed by atoms with Gasteiger partial charge in [0.15, 0.2) is 6.10 Å². The molecule has 0 aliphatic heterocycles. The van der Waals surface area contributed by atoms with Gasteiger partial charge in [0.2, 0.25) is 0 Å². The lowest BCUT2D eigenvalue weighted by atomic mass is 10.0. The van der Waals surface area contributed by atoms with Crippen LogP contribution in [0, 0.1) is 0 Å². The van der Waals surface area contributed by atoms with Crippen LogP contribution in [0.5, 0.6) is 0 Å². The molecule has 0 fully saturated rings. The van der Waals surface area contributed by atoms with Gasteiger partial charge >= 0.3 is 11.9 Å². The van der Waals surface area contributed by atoms with Crippen molar-refractivity contribution in [3.63, 3.8) is 0 Å². The molecule has 2 unspecified atom stereocenters. The van der Waals surface area contributed by atoms with Gasteiger partial charge in [-0.05, 0) is 83.5 Å². The predicted octanol–water partition coefficient (Wildman–Crippen LogP) is 19.4. The Bertz CT molecular complexity index is 1510. The molecule has 0 aromatic rings. The fourth-order valence-electron chi connectivity index (χ4n) is 8.86. The zero-order valence-corrected chi connectivity index (χ0v) is 51.1. The van der Waals surface area contributed by atoms with E-state index >= 15 is 0 Å². The number of esters is 2. The number of allylic oxidation sites excluding steroid dienone is 12. The smallest absolute Gasteiger partial charge is 0.306 e. The molecule has 0 heterocycles. The maximum absolute atomic E-state index is 12.8. The molecule has 0 saturated carbocycles. The molecule has 0 bridgehead atoms. The second-order valence-electron chi connectivity index (χ2n) is 22.4. The highest BCUT2D eigenvalue weighted by Gasteiger charge is 2.22. The minimum absolute atomic E-state index is 0.0370. The van der Waals surface area contributed by atoms with Crippen molar-refractivity contribution < 1.29 is 42.1 Å². The third-order valence-electron chi connectivity index (χ3n) is 13.7. The molecule has 0 radical (unpaired) electrons. The van der Waals surface area contributed by atoms with Gasteiger partial charge in [0.1, 0.15) is 19.8 Å². The average molecular weight is 1090 g/mol.